The maximum atomic E-state index is 12.7. The first-order valence-corrected chi connectivity index (χ1v) is 10.4. The van der Waals surface area contributed by atoms with Crippen molar-refractivity contribution in [2.24, 2.45) is 0 Å². The third-order valence-electron chi connectivity index (χ3n) is 5.24. The molecule has 146 valence electrons. The standard InChI is InChI=1S/C21H23N3O3S/c1-21-9-7-19(25)24(21)17(14-28-21)20(26)23-12-16-8-10-22-18(11-16)27-13-15-5-3-2-4-6-15/h2-6,8,10-11,17H,7,9,12-14H2,1H3,(H,23,26)/t17-,21-/m1/s1. The van der Waals surface area contributed by atoms with Gasteiger partial charge < -0.3 is 15.0 Å². The van der Waals surface area contributed by atoms with Gasteiger partial charge in [-0.2, -0.15) is 0 Å². The summed E-state index contributed by atoms with van der Waals surface area (Å²) in [5.41, 5.74) is 1.98. The second-order valence-corrected chi connectivity index (χ2v) is 8.76. The fraction of sp³-hybridized carbons (Fsp3) is 0.381. The van der Waals surface area contributed by atoms with Crippen LogP contribution in [0, 0.1) is 0 Å². The lowest BCUT2D eigenvalue weighted by Crippen LogP contribution is -2.49. The van der Waals surface area contributed by atoms with Crippen LogP contribution in [-0.4, -0.2) is 38.4 Å². The Morgan fingerprint density at radius 3 is 2.96 bits per heavy atom. The van der Waals surface area contributed by atoms with Gasteiger partial charge in [0.05, 0.1) is 4.87 Å². The SMILES string of the molecule is C[C@@]12CCC(=O)N1[C@@H](C(=O)NCc1ccnc(OCc3ccccc3)c1)CS2. The Labute approximate surface area is 168 Å². The molecular weight excluding hydrogens is 374 g/mol. The van der Waals surface area contributed by atoms with Gasteiger partial charge in [0.1, 0.15) is 12.6 Å². The highest BCUT2D eigenvalue weighted by atomic mass is 32.2. The summed E-state index contributed by atoms with van der Waals surface area (Å²) in [7, 11) is 0. The summed E-state index contributed by atoms with van der Waals surface area (Å²) in [5.74, 6) is 1.15. The number of thioether (sulfide) groups is 1. The number of ether oxygens (including phenoxy) is 1. The number of nitrogens with zero attached hydrogens (tertiary/aromatic N) is 2. The Hall–Kier alpha value is -2.54. The van der Waals surface area contributed by atoms with Crippen molar-refractivity contribution in [3.63, 3.8) is 0 Å². The zero-order valence-corrected chi connectivity index (χ0v) is 16.6. The Morgan fingerprint density at radius 2 is 2.14 bits per heavy atom. The lowest BCUT2D eigenvalue weighted by Gasteiger charge is -2.29. The molecular formula is C21H23N3O3S. The van der Waals surface area contributed by atoms with E-state index in [1.807, 2.05) is 42.5 Å². The summed E-state index contributed by atoms with van der Waals surface area (Å²) in [5, 5.41) is 2.96. The van der Waals surface area contributed by atoms with Crippen molar-refractivity contribution in [2.45, 2.75) is 43.8 Å². The maximum absolute atomic E-state index is 12.7. The number of fused-ring (bicyclic) bond motifs is 1. The van der Waals surface area contributed by atoms with E-state index in [-0.39, 0.29) is 22.7 Å². The van der Waals surface area contributed by atoms with Gasteiger partial charge in [0.25, 0.3) is 0 Å². The lowest BCUT2D eigenvalue weighted by molar-refractivity contribution is -0.138. The van der Waals surface area contributed by atoms with E-state index in [9.17, 15) is 9.59 Å². The van der Waals surface area contributed by atoms with E-state index in [0.29, 0.717) is 31.2 Å². The van der Waals surface area contributed by atoms with Gasteiger partial charge in [-0.25, -0.2) is 4.98 Å². The smallest absolute Gasteiger partial charge is 0.243 e. The highest BCUT2D eigenvalue weighted by molar-refractivity contribution is 8.01. The molecule has 2 aromatic rings. The van der Waals surface area contributed by atoms with Gasteiger partial charge in [-0.3, -0.25) is 9.59 Å². The van der Waals surface area contributed by atoms with Crippen molar-refractivity contribution in [1.82, 2.24) is 15.2 Å². The monoisotopic (exact) mass is 397 g/mol. The topological polar surface area (TPSA) is 71.5 Å². The maximum Gasteiger partial charge on any atom is 0.243 e. The molecule has 2 aliphatic heterocycles. The quantitative estimate of drug-likeness (QED) is 0.812. The van der Waals surface area contributed by atoms with Gasteiger partial charge in [0.2, 0.25) is 17.7 Å². The van der Waals surface area contributed by atoms with E-state index in [2.05, 4.69) is 17.2 Å². The summed E-state index contributed by atoms with van der Waals surface area (Å²) >= 11 is 1.70. The molecule has 3 heterocycles. The number of carbonyl (C=O) groups is 2. The van der Waals surface area contributed by atoms with Crippen LogP contribution >= 0.6 is 11.8 Å². The van der Waals surface area contributed by atoms with Crippen molar-refractivity contribution in [2.75, 3.05) is 5.75 Å². The second kappa shape index (κ2) is 7.83. The molecule has 0 saturated carbocycles. The normalized spacial score (nSPS) is 23.5. The molecule has 0 unspecified atom stereocenters. The molecule has 7 heteroatoms. The highest BCUT2D eigenvalue weighted by Crippen LogP contribution is 2.47. The predicted octanol–water partition coefficient (Wildman–Crippen LogP) is 2.73. The molecule has 1 N–H and O–H groups in total. The number of pyridine rings is 1. The molecule has 6 nitrogen and oxygen atoms in total. The number of nitrogens with one attached hydrogen (secondary N) is 1. The average molecular weight is 398 g/mol. The van der Waals surface area contributed by atoms with E-state index in [0.717, 1.165) is 17.5 Å². The van der Waals surface area contributed by atoms with Crippen LogP contribution in [0.2, 0.25) is 0 Å². The van der Waals surface area contributed by atoms with Crippen molar-refractivity contribution in [3.8, 4) is 5.88 Å². The van der Waals surface area contributed by atoms with Crippen molar-refractivity contribution in [1.29, 1.82) is 0 Å². The number of benzene rings is 1. The number of aromatic nitrogens is 1. The Bertz CT molecular complexity index is 876. The fourth-order valence-electron chi connectivity index (χ4n) is 3.69. The van der Waals surface area contributed by atoms with Crippen LogP contribution in [0.5, 0.6) is 5.88 Å². The molecule has 2 fully saturated rings. The second-order valence-electron chi connectivity index (χ2n) is 7.26. The summed E-state index contributed by atoms with van der Waals surface area (Å²) in [4.78, 5) is 30.6. The molecule has 2 saturated heterocycles. The summed E-state index contributed by atoms with van der Waals surface area (Å²) < 4.78 is 5.74. The van der Waals surface area contributed by atoms with E-state index in [1.54, 1.807) is 22.9 Å². The van der Waals surface area contributed by atoms with Crippen molar-refractivity contribution >= 4 is 23.6 Å². The number of hydrogen-bond acceptors (Lipinski definition) is 5. The lowest BCUT2D eigenvalue weighted by atomic mass is 10.2. The first-order chi connectivity index (χ1) is 13.5. The first kappa shape index (κ1) is 18.8. The summed E-state index contributed by atoms with van der Waals surface area (Å²) in [6, 6.07) is 13.2. The molecule has 28 heavy (non-hydrogen) atoms. The van der Waals surface area contributed by atoms with Crippen LogP contribution in [0.25, 0.3) is 0 Å². The van der Waals surface area contributed by atoms with Crippen LogP contribution in [0.15, 0.2) is 48.7 Å². The predicted molar refractivity (Wildman–Crippen MR) is 108 cm³/mol. The molecule has 0 spiro atoms. The van der Waals surface area contributed by atoms with E-state index >= 15 is 0 Å². The van der Waals surface area contributed by atoms with Crippen LogP contribution in [0.3, 0.4) is 0 Å². The fourth-order valence-corrected chi connectivity index (χ4v) is 5.12. The number of rotatable bonds is 6. The third-order valence-corrected chi connectivity index (χ3v) is 6.75. The zero-order valence-electron chi connectivity index (χ0n) is 15.8. The molecule has 0 bridgehead atoms. The van der Waals surface area contributed by atoms with Crippen LogP contribution < -0.4 is 10.1 Å². The first-order valence-electron chi connectivity index (χ1n) is 9.41. The molecule has 1 aromatic heterocycles. The minimum atomic E-state index is -0.388. The Morgan fingerprint density at radius 1 is 1.32 bits per heavy atom. The zero-order chi connectivity index (χ0) is 19.6. The van der Waals surface area contributed by atoms with Crippen LogP contribution in [0.4, 0.5) is 0 Å². The largest absolute Gasteiger partial charge is 0.473 e. The number of amides is 2. The van der Waals surface area contributed by atoms with Crippen LogP contribution in [-0.2, 0) is 22.7 Å². The molecule has 1 aromatic carbocycles. The van der Waals surface area contributed by atoms with Gasteiger partial charge in [0, 0.05) is 31.0 Å². The number of carbonyl (C=O) groups excluding carboxylic acids is 2. The molecule has 2 amide bonds. The Balaban J connectivity index is 1.33. The van der Waals surface area contributed by atoms with Crippen molar-refractivity contribution < 1.29 is 14.3 Å². The molecule has 2 aliphatic rings. The van der Waals surface area contributed by atoms with E-state index in [4.69, 9.17) is 4.74 Å². The van der Waals surface area contributed by atoms with Gasteiger partial charge in [0.15, 0.2) is 0 Å². The van der Waals surface area contributed by atoms with Gasteiger partial charge >= 0.3 is 0 Å². The Kier molecular flexibility index (Phi) is 5.26. The average Bonchev–Trinajstić information content (AvgIpc) is 3.21. The molecule has 0 radical (unpaired) electrons. The molecule has 0 aliphatic carbocycles. The minimum Gasteiger partial charge on any atom is -0.473 e. The third kappa shape index (κ3) is 3.85. The highest BCUT2D eigenvalue weighted by Gasteiger charge is 2.52. The summed E-state index contributed by atoms with van der Waals surface area (Å²) in [6.07, 6.45) is 3.01. The summed E-state index contributed by atoms with van der Waals surface area (Å²) in [6.45, 7) is 2.87. The van der Waals surface area contributed by atoms with E-state index < -0.39 is 0 Å². The van der Waals surface area contributed by atoms with Gasteiger partial charge in [-0.05, 0) is 30.5 Å². The van der Waals surface area contributed by atoms with E-state index in [1.165, 1.54) is 0 Å². The minimum absolute atomic E-state index is 0.0770. The molecule has 2 atom stereocenters. The van der Waals surface area contributed by atoms with Gasteiger partial charge in [-0.1, -0.05) is 30.3 Å². The number of hydrogen-bond donors (Lipinski definition) is 1. The molecule has 4 rings (SSSR count). The van der Waals surface area contributed by atoms with Gasteiger partial charge in [-0.15, -0.1) is 11.8 Å². The van der Waals surface area contributed by atoms with Crippen LogP contribution in [0.1, 0.15) is 30.9 Å². The van der Waals surface area contributed by atoms with Crippen molar-refractivity contribution in [3.05, 3.63) is 59.8 Å².